The number of imidazole rings is 1. The van der Waals surface area contributed by atoms with Gasteiger partial charge in [-0.25, -0.2) is 9.78 Å². The van der Waals surface area contributed by atoms with Crippen LogP contribution in [-0.2, 0) is 4.74 Å². The fourth-order valence-electron chi connectivity index (χ4n) is 1.53. The summed E-state index contributed by atoms with van der Waals surface area (Å²) in [7, 11) is 1.58. The highest BCUT2D eigenvalue weighted by Crippen LogP contribution is 2.20. The molecule has 0 bridgehead atoms. The van der Waals surface area contributed by atoms with Crippen LogP contribution < -0.4 is 0 Å². The summed E-state index contributed by atoms with van der Waals surface area (Å²) in [5, 5.41) is 9.00. The number of rotatable bonds is 3. The number of fused-ring (bicyclic) bond motifs is 1. The number of aromatic amines is 1. The van der Waals surface area contributed by atoms with Crippen molar-refractivity contribution in [2.75, 3.05) is 7.11 Å². The first-order chi connectivity index (χ1) is 7.63. The lowest BCUT2D eigenvalue weighted by Crippen LogP contribution is -1.99. The molecule has 2 rings (SSSR count). The maximum atomic E-state index is 11.0. The van der Waals surface area contributed by atoms with Crippen molar-refractivity contribution in [1.82, 2.24) is 9.97 Å². The van der Waals surface area contributed by atoms with Crippen molar-refractivity contribution in [3.05, 3.63) is 29.6 Å². The van der Waals surface area contributed by atoms with Gasteiger partial charge in [0.25, 0.3) is 0 Å². The van der Waals surface area contributed by atoms with Gasteiger partial charge in [0.2, 0.25) is 0 Å². The quantitative estimate of drug-likeness (QED) is 0.829. The molecule has 0 radical (unpaired) electrons. The van der Waals surface area contributed by atoms with Crippen LogP contribution in [0.4, 0.5) is 0 Å². The van der Waals surface area contributed by atoms with Gasteiger partial charge in [0, 0.05) is 7.11 Å². The van der Waals surface area contributed by atoms with E-state index in [4.69, 9.17) is 9.84 Å². The number of carboxylic acids is 1. The first kappa shape index (κ1) is 10.6. The SMILES string of the molecule is COC(C)c1nc2c(C(=O)O)cccc2[nH]1. The number of carbonyl (C=O) groups is 1. The number of H-pyrrole nitrogens is 1. The summed E-state index contributed by atoms with van der Waals surface area (Å²) in [6.07, 6.45) is -0.186. The highest BCUT2D eigenvalue weighted by Gasteiger charge is 2.14. The monoisotopic (exact) mass is 220 g/mol. The van der Waals surface area contributed by atoms with Crippen molar-refractivity contribution in [1.29, 1.82) is 0 Å². The Labute approximate surface area is 92.1 Å². The molecule has 2 N–H and O–H groups in total. The molecule has 84 valence electrons. The lowest BCUT2D eigenvalue weighted by molar-refractivity contribution is 0.0698. The Bertz CT molecular complexity index is 533. The second-order valence-electron chi connectivity index (χ2n) is 3.51. The number of para-hydroxylation sites is 1. The number of methoxy groups -OCH3 is 1. The van der Waals surface area contributed by atoms with Gasteiger partial charge < -0.3 is 14.8 Å². The maximum absolute atomic E-state index is 11.0. The largest absolute Gasteiger partial charge is 0.478 e. The van der Waals surface area contributed by atoms with E-state index in [-0.39, 0.29) is 11.7 Å². The van der Waals surface area contributed by atoms with Crippen molar-refractivity contribution in [2.24, 2.45) is 0 Å². The Hall–Kier alpha value is -1.88. The summed E-state index contributed by atoms with van der Waals surface area (Å²) in [6.45, 7) is 1.85. The van der Waals surface area contributed by atoms with E-state index < -0.39 is 5.97 Å². The summed E-state index contributed by atoms with van der Waals surface area (Å²) in [6, 6.07) is 5.01. The van der Waals surface area contributed by atoms with E-state index >= 15 is 0 Å². The van der Waals surface area contributed by atoms with Crippen molar-refractivity contribution in [2.45, 2.75) is 13.0 Å². The van der Waals surface area contributed by atoms with Crippen molar-refractivity contribution >= 4 is 17.0 Å². The van der Waals surface area contributed by atoms with Gasteiger partial charge in [-0.15, -0.1) is 0 Å². The smallest absolute Gasteiger partial charge is 0.337 e. The van der Waals surface area contributed by atoms with Crippen LogP contribution in [0.2, 0.25) is 0 Å². The molecule has 0 aliphatic heterocycles. The van der Waals surface area contributed by atoms with Crippen LogP contribution in [0.5, 0.6) is 0 Å². The van der Waals surface area contributed by atoms with E-state index in [1.165, 1.54) is 6.07 Å². The molecule has 0 saturated carbocycles. The fourth-order valence-corrected chi connectivity index (χ4v) is 1.53. The van der Waals surface area contributed by atoms with E-state index in [1.54, 1.807) is 19.2 Å². The Morgan fingerprint density at radius 3 is 2.94 bits per heavy atom. The van der Waals surface area contributed by atoms with Gasteiger partial charge in [-0.1, -0.05) is 6.07 Å². The van der Waals surface area contributed by atoms with Gasteiger partial charge in [-0.2, -0.15) is 0 Å². The van der Waals surface area contributed by atoms with Gasteiger partial charge in [0.1, 0.15) is 17.4 Å². The van der Waals surface area contributed by atoms with Crippen molar-refractivity contribution in [3.63, 3.8) is 0 Å². The number of aromatic carboxylic acids is 1. The molecule has 2 aromatic rings. The number of ether oxygens (including phenoxy) is 1. The highest BCUT2D eigenvalue weighted by molar-refractivity contribution is 6.00. The normalized spacial score (nSPS) is 12.9. The molecule has 0 aliphatic rings. The van der Waals surface area contributed by atoms with Gasteiger partial charge in [0.15, 0.2) is 0 Å². The van der Waals surface area contributed by atoms with Crippen LogP contribution in [0, 0.1) is 0 Å². The molecule has 1 unspecified atom stereocenters. The number of aromatic nitrogens is 2. The van der Waals surface area contributed by atoms with E-state index in [2.05, 4.69) is 9.97 Å². The molecule has 1 aromatic carbocycles. The zero-order valence-electron chi connectivity index (χ0n) is 9.02. The molecule has 5 nitrogen and oxygen atoms in total. The molecular weight excluding hydrogens is 208 g/mol. The average molecular weight is 220 g/mol. The number of nitrogens with one attached hydrogen (secondary N) is 1. The lowest BCUT2D eigenvalue weighted by atomic mass is 10.2. The first-order valence-electron chi connectivity index (χ1n) is 4.88. The topological polar surface area (TPSA) is 75.2 Å². The second kappa shape index (κ2) is 3.94. The summed E-state index contributed by atoms with van der Waals surface area (Å²) in [4.78, 5) is 18.3. The van der Waals surface area contributed by atoms with Crippen LogP contribution in [0.3, 0.4) is 0 Å². The summed E-state index contributed by atoms with van der Waals surface area (Å²) in [5.41, 5.74) is 1.37. The van der Waals surface area contributed by atoms with Crippen molar-refractivity contribution in [3.8, 4) is 0 Å². The van der Waals surface area contributed by atoms with Crippen LogP contribution >= 0.6 is 0 Å². The Balaban J connectivity index is 2.61. The summed E-state index contributed by atoms with van der Waals surface area (Å²) >= 11 is 0. The van der Waals surface area contributed by atoms with Gasteiger partial charge in [0.05, 0.1) is 11.1 Å². The van der Waals surface area contributed by atoms with Crippen LogP contribution in [0.15, 0.2) is 18.2 Å². The lowest BCUT2D eigenvalue weighted by Gasteiger charge is -2.03. The predicted octanol–water partition coefficient (Wildman–Crippen LogP) is 1.97. The maximum Gasteiger partial charge on any atom is 0.337 e. The molecule has 16 heavy (non-hydrogen) atoms. The molecule has 1 atom stereocenters. The second-order valence-corrected chi connectivity index (χ2v) is 3.51. The fraction of sp³-hybridized carbons (Fsp3) is 0.273. The molecule has 5 heteroatoms. The van der Waals surface area contributed by atoms with E-state index in [1.807, 2.05) is 6.92 Å². The van der Waals surface area contributed by atoms with Crippen LogP contribution in [0.25, 0.3) is 11.0 Å². The molecule has 0 fully saturated rings. The first-order valence-corrected chi connectivity index (χ1v) is 4.88. The van der Waals surface area contributed by atoms with E-state index in [0.717, 1.165) is 0 Å². The molecule has 0 aliphatic carbocycles. The minimum Gasteiger partial charge on any atom is -0.478 e. The number of benzene rings is 1. The Kier molecular flexibility index (Phi) is 2.62. The van der Waals surface area contributed by atoms with Crippen LogP contribution in [-0.4, -0.2) is 28.2 Å². The average Bonchev–Trinajstić information content (AvgIpc) is 2.70. The molecular formula is C11H12N2O3. The third kappa shape index (κ3) is 1.65. The number of hydrogen-bond acceptors (Lipinski definition) is 3. The predicted molar refractivity (Wildman–Crippen MR) is 58.5 cm³/mol. The number of carboxylic acid groups (broad SMARTS) is 1. The number of nitrogens with zero attached hydrogens (tertiary/aromatic N) is 1. The minimum absolute atomic E-state index is 0.186. The van der Waals surface area contributed by atoms with Gasteiger partial charge in [-0.05, 0) is 19.1 Å². The van der Waals surface area contributed by atoms with E-state index in [9.17, 15) is 4.79 Å². The summed E-state index contributed by atoms with van der Waals surface area (Å²) < 4.78 is 5.12. The Morgan fingerprint density at radius 2 is 2.31 bits per heavy atom. The standard InChI is InChI=1S/C11H12N2O3/c1-6(16-2)10-12-8-5-3-4-7(11(14)15)9(8)13-10/h3-6H,1-2H3,(H,12,13)(H,14,15). The molecule has 1 aromatic heterocycles. The molecule has 0 saturated heterocycles. The highest BCUT2D eigenvalue weighted by atomic mass is 16.5. The summed E-state index contributed by atoms with van der Waals surface area (Å²) in [5.74, 6) is -0.347. The third-order valence-electron chi connectivity index (χ3n) is 2.50. The molecule has 0 spiro atoms. The molecule has 1 heterocycles. The number of hydrogen-bond donors (Lipinski definition) is 2. The zero-order valence-corrected chi connectivity index (χ0v) is 9.02. The molecule has 0 amide bonds. The van der Waals surface area contributed by atoms with Crippen molar-refractivity contribution < 1.29 is 14.6 Å². The Morgan fingerprint density at radius 1 is 1.56 bits per heavy atom. The zero-order chi connectivity index (χ0) is 11.7. The third-order valence-corrected chi connectivity index (χ3v) is 2.50. The van der Waals surface area contributed by atoms with Gasteiger partial charge in [-0.3, -0.25) is 0 Å². The minimum atomic E-state index is -0.978. The van der Waals surface area contributed by atoms with Crippen LogP contribution in [0.1, 0.15) is 29.2 Å². The van der Waals surface area contributed by atoms with E-state index in [0.29, 0.717) is 16.9 Å². The van der Waals surface area contributed by atoms with Gasteiger partial charge >= 0.3 is 5.97 Å².